The molecule has 18 heavy (non-hydrogen) atoms. The minimum atomic E-state index is 0.447. The van der Waals surface area contributed by atoms with Crippen LogP contribution < -0.4 is 15.4 Å². The summed E-state index contributed by atoms with van der Waals surface area (Å²) in [7, 11) is 5.71. The largest absolute Gasteiger partial charge is 0.497 e. The quantitative estimate of drug-likeness (QED) is 0.899. The number of benzene rings is 1. The predicted molar refractivity (Wildman–Crippen MR) is 75.3 cm³/mol. The molecule has 4 heteroatoms. The molecule has 0 fully saturated rings. The number of nitrogens with zero attached hydrogens (tertiary/aromatic N) is 2. The molecule has 0 aliphatic carbocycles. The molecule has 0 amide bonds. The SMILES string of the molecule is COc1cc(C)c2nc(CN)cc(N(C)C)c2c1. The summed E-state index contributed by atoms with van der Waals surface area (Å²) in [5, 5.41) is 1.09. The van der Waals surface area contributed by atoms with E-state index >= 15 is 0 Å². The minimum absolute atomic E-state index is 0.447. The summed E-state index contributed by atoms with van der Waals surface area (Å²) in [6.07, 6.45) is 0. The number of anilines is 1. The van der Waals surface area contributed by atoms with Gasteiger partial charge in [0.1, 0.15) is 5.75 Å². The van der Waals surface area contributed by atoms with Crippen LogP contribution in [0.3, 0.4) is 0 Å². The molecule has 0 aliphatic heterocycles. The van der Waals surface area contributed by atoms with Crippen molar-refractivity contribution in [3.63, 3.8) is 0 Å². The molecule has 0 saturated heterocycles. The van der Waals surface area contributed by atoms with Crippen LogP contribution in [0.25, 0.3) is 10.9 Å². The van der Waals surface area contributed by atoms with E-state index in [0.717, 1.165) is 33.6 Å². The van der Waals surface area contributed by atoms with Gasteiger partial charge in [0, 0.05) is 31.7 Å². The third-order valence-corrected chi connectivity index (χ3v) is 3.04. The van der Waals surface area contributed by atoms with Gasteiger partial charge in [0.2, 0.25) is 0 Å². The van der Waals surface area contributed by atoms with E-state index in [9.17, 15) is 0 Å². The molecule has 96 valence electrons. The summed E-state index contributed by atoms with van der Waals surface area (Å²) in [5.74, 6) is 0.852. The lowest BCUT2D eigenvalue weighted by Gasteiger charge is -2.18. The summed E-state index contributed by atoms with van der Waals surface area (Å²) < 4.78 is 5.32. The predicted octanol–water partition coefficient (Wildman–Crippen LogP) is 2.08. The molecule has 1 heterocycles. The lowest BCUT2D eigenvalue weighted by molar-refractivity contribution is 0.415. The van der Waals surface area contributed by atoms with E-state index < -0.39 is 0 Å². The average molecular weight is 245 g/mol. The van der Waals surface area contributed by atoms with Crippen LogP contribution in [0.2, 0.25) is 0 Å². The zero-order valence-corrected chi connectivity index (χ0v) is 11.3. The van der Waals surface area contributed by atoms with E-state index in [1.807, 2.05) is 39.2 Å². The van der Waals surface area contributed by atoms with Gasteiger partial charge in [-0.25, -0.2) is 0 Å². The van der Waals surface area contributed by atoms with Crippen molar-refractivity contribution in [3.05, 3.63) is 29.5 Å². The molecule has 2 N–H and O–H groups in total. The smallest absolute Gasteiger partial charge is 0.119 e. The summed E-state index contributed by atoms with van der Waals surface area (Å²) in [6.45, 7) is 2.49. The maximum absolute atomic E-state index is 5.71. The molecule has 0 unspecified atom stereocenters. The van der Waals surface area contributed by atoms with E-state index in [4.69, 9.17) is 10.5 Å². The van der Waals surface area contributed by atoms with Crippen LogP contribution in [0.15, 0.2) is 18.2 Å². The molecule has 0 aliphatic rings. The maximum atomic E-state index is 5.71. The number of ether oxygens (including phenoxy) is 1. The van der Waals surface area contributed by atoms with Crippen LogP contribution in [0, 0.1) is 6.92 Å². The van der Waals surface area contributed by atoms with E-state index in [2.05, 4.69) is 9.88 Å². The lowest BCUT2D eigenvalue weighted by Crippen LogP contribution is -2.11. The first-order valence-electron chi connectivity index (χ1n) is 5.92. The maximum Gasteiger partial charge on any atom is 0.119 e. The Morgan fingerprint density at radius 1 is 1.28 bits per heavy atom. The second-order valence-corrected chi connectivity index (χ2v) is 4.57. The molecule has 2 aromatic rings. The fraction of sp³-hybridized carbons (Fsp3) is 0.357. The van der Waals surface area contributed by atoms with Gasteiger partial charge in [-0.1, -0.05) is 0 Å². The van der Waals surface area contributed by atoms with Crippen molar-refractivity contribution in [2.45, 2.75) is 13.5 Å². The van der Waals surface area contributed by atoms with Crippen molar-refractivity contribution in [1.82, 2.24) is 4.98 Å². The van der Waals surface area contributed by atoms with Crippen LogP contribution in [0.4, 0.5) is 5.69 Å². The first-order chi connectivity index (χ1) is 8.56. The monoisotopic (exact) mass is 245 g/mol. The number of hydrogen-bond donors (Lipinski definition) is 1. The van der Waals surface area contributed by atoms with Crippen molar-refractivity contribution < 1.29 is 4.74 Å². The van der Waals surface area contributed by atoms with E-state index in [0.29, 0.717) is 6.54 Å². The number of hydrogen-bond acceptors (Lipinski definition) is 4. The molecule has 0 spiro atoms. The molecule has 0 saturated carbocycles. The zero-order chi connectivity index (χ0) is 13.3. The fourth-order valence-electron chi connectivity index (χ4n) is 2.09. The van der Waals surface area contributed by atoms with Crippen LogP contribution in [-0.2, 0) is 6.54 Å². The highest BCUT2D eigenvalue weighted by Gasteiger charge is 2.10. The molecular weight excluding hydrogens is 226 g/mol. The molecule has 4 nitrogen and oxygen atoms in total. The van der Waals surface area contributed by atoms with E-state index in [1.54, 1.807) is 7.11 Å². The van der Waals surface area contributed by atoms with Crippen molar-refractivity contribution >= 4 is 16.6 Å². The molecule has 1 aromatic heterocycles. The number of fused-ring (bicyclic) bond motifs is 1. The normalized spacial score (nSPS) is 10.7. The highest BCUT2D eigenvalue weighted by Crippen LogP contribution is 2.31. The van der Waals surface area contributed by atoms with Gasteiger partial charge in [0.25, 0.3) is 0 Å². The Bertz CT molecular complexity index is 579. The Morgan fingerprint density at radius 2 is 2.00 bits per heavy atom. The third kappa shape index (κ3) is 2.11. The molecular formula is C14H19N3O. The van der Waals surface area contributed by atoms with Gasteiger partial charge in [-0.3, -0.25) is 4.98 Å². The summed E-state index contributed by atoms with van der Waals surface area (Å²) in [5.41, 5.74) is 9.81. The van der Waals surface area contributed by atoms with E-state index in [-0.39, 0.29) is 0 Å². The first-order valence-corrected chi connectivity index (χ1v) is 5.92. The number of aryl methyl sites for hydroxylation is 1. The van der Waals surface area contributed by atoms with E-state index in [1.165, 1.54) is 0 Å². The zero-order valence-electron chi connectivity index (χ0n) is 11.3. The molecule has 0 bridgehead atoms. The van der Waals surface area contributed by atoms with Crippen molar-refractivity contribution in [3.8, 4) is 5.75 Å². The van der Waals surface area contributed by atoms with Gasteiger partial charge in [0.15, 0.2) is 0 Å². The Morgan fingerprint density at radius 3 is 2.56 bits per heavy atom. The second-order valence-electron chi connectivity index (χ2n) is 4.57. The Kier molecular flexibility index (Phi) is 3.39. The second kappa shape index (κ2) is 4.82. The van der Waals surface area contributed by atoms with Crippen molar-refractivity contribution in [2.24, 2.45) is 5.73 Å². The van der Waals surface area contributed by atoms with Crippen LogP contribution in [-0.4, -0.2) is 26.2 Å². The minimum Gasteiger partial charge on any atom is -0.497 e. The Hall–Kier alpha value is -1.81. The van der Waals surface area contributed by atoms with Crippen LogP contribution in [0.5, 0.6) is 5.75 Å². The van der Waals surface area contributed by atoms with Gasteiger partial charge < -0.3 is 15.4 Å². The molecule has 2 rings (SSSR count). The fourth-order valence-corrected chi connectivity index (χ4v) is 2.09. The van der Waals surface area contributed by atoms with Crippen LogP contribution in [0.1, 0.15) is 11.3 Å². The van der Waals surface area contributed by atoms with Gasteiger partial charge in [0.05, 0.1) is 18.3 Å². The Balaban J connectivity index is 2.82. The van der Waals surface area contributed by atoms with Gasteiger partial charge in [-0.2, -0.15) is 0 Å². The summed E-state index contributed by atoms with van der Waals surface area (Å²) in [6, 6.07) is 6.04. The highest BCUT2D eigenvalue weighted by atomic mass is 16.5. The third-order valence-electron chi connectivity index (χ3n) is 3.04. The number of rotatable bonds is 3. The average Bonchev–Trinajstić information content (AvgIpc) is 2.37. The van der Waals surface area contributed by atoms with Crippen molar-refractivity contribution in [2.75, 3.05) is 26.1 Å². The van der Waals surface area contributed by atoms with Crippen molar-refractivity contribution in [1.29, 1.82) is 0 Å². The van der Waals surface area contributed by atoms with Gasteiger partial charge >= 0.3 is 0 Å². The molecule has 0 atom stereocenters. The Labute approximate surface area is 107 Å². The van der Waals surface area contributed by atoms with Crippen LogP contribution >= 0.6 is 0 Å². The molecule has 1 aromatic carbocycles. The summed E-state index contributed by atoms with van der Waals surface area (Å²) >= 11 is 0. The van der Waals surface area contributed by atoms with Gasteiger partial charge in [-0.05, 0) is 30.7 Å². The lowest BCUT2D eigenvalue weighted by atomic mass is 10.1. The number of pyridine rings is 1. The van der Waals surface area contributed by atoms with Gasteiger partial charge in [-0.15, -0.1) is 0 Å². The first kappa shape index (κ1) is 12.6. The highest BCUT2D eigenvalue weighted by molar-refractivity contribution is 5.94. The topological polar surface area (TPSA) is 51.4 Å². The molecule has 0 radical (unpaired) electrons. The number of nitrogens with two attached hydrogens (primary N) is 1. The number of methoxy groups -OCH3 is 1. The summed E-state index contributed by atoms with van der Waals surface area (Å²) in [4.78, 5) is 6.68. The standard InChI is InChI=1S/C14H19N3O/c1-9-5-11(18-4)7-12-13(17(2)3)6-10(8-15)16-14(9)12/h5-7H,8,15H2,1-4H3. The number of aromatic nitrogens is 1.